The number of nitrogens with zero attached hydrogens (tertiary/aromatic N) is 1. The molecule has 2 aromatic carbocycles. The van der Waals surface area contributed by atoms with Gasteiger partial charge in [-0.05, 0) is 55.0 Å². The van der Waals surface area contributed by atoms with Gasteiger partial charge in [-0.2, -0.15) is 0 Å². The van der Waals surface area contributed by atoms with Crippen molar-refractivity contribution in [3.8, 4) is 0 Å². The Bertz CT molecular complexity index is 1080. The molecule has 0 unspecified atom stereocenters. The average molecular weight is 390 g/mol. The first-order valence-corrected chi connectivity index (χ1v) is 10.2. The second-order valence-corrected chi connectivity index (χ2v) is 7.75. The lowest BCUT2D eigenvalue weighted by Gasteiger charge is -2.23. The molecule has 1 aromatic heterocycles. The average Bonchev–Trinajstić information content (AvgIpc) is 2.73. The zero-order chi connectivity index (χ0) is 20.2. The van der Waals surface area contributed by atoms with Crippen LogP contribution in [0.4, 0.5) is 5.69 Å². The monoisotopic (exact) mass is 390 g/mol. The minimum absolute atomic E-state index is 0.0102. The van der Waals surface area contributed by atoms with Gasteiger partial charge in [0, 0.05) is 42.4 Å². The van der Waals surface area contributed by atoms with E-state index in [9.17, 15) is 9.59 Å². The van der Waals surface area contributed by atoms with Crippen molar-refractivity contribution in [2.45, 2.75) is 32.7 Å². The van der Waals surface area contributed by atoms with Crippen LogP contribution in [0.25, 0.3) is 10.8 Å². The van der Waals surface area contributed by atoms with Gasteiger partial charge in [-0.3, -0.25) is 9.59 Å². The summed E-state index contributed by atoms with van der Waals surface area (Å²) in [4.78, 5) is 25.6. The Morgan fingerprint density at radius 3 is 2.66 bits per heavy atom. The summed E-state index contributed by atoms with van der Waals surface area (Å²) in [5.74, 6) is 0.383. The van der Waals surface area contributed by atoms with Crippen LogP contribution in [-0.2, 0) is 22.5 Å². The molecule has 150 valence electrons. The molecule has 0 atom stereocenters. The Balaban J connectivity index is 1.56. The molecule has 1 aliphatic heterocycles. The number of hydrogen-bond donors (Lipinski definition) is 1. The number of amides is 1. The lowest BCUT2D eigenvalue weighted by molar-refractivity contribution is -0.115. The molecule has 4 rings (SSSR count). The highest BCUT2D eigenvalue weighted by Gasteiger charge is 2.16. The van der Waals surface area contributed by atoms with E-state index in [1.807, 2.05) is 61.7 Å². The molecule has 1 fully saturated rings. The first-order valence-electron chi connectivity index (χ1n) is 10.2. The maximum Gasteiger partial charge on any atom is 0.258 e. The van der Waals surface area contributed by atoms with Crippen LogP contribution >= 0.6 is 0 Å². The van der Waals surface area contributed by atoms with Crippen molar-refractivity contribution in [2.75, 3.05) is 18.5 Å². The number of nitrogens with one attached hydrogen (secondary N) is 1. The van der Waals surface area contributed by atoms with Crippen LogP contribution < -0.4 is 10.9 Å². The maximum atomic E-state index is 13.0. The Kier molecular flexibility index (Phi) is 5.76. The van der Waals surface area contributed by atoms with Crippen molar-refractivity contribution in [1.82, 2.24) is 4.57 Å². The van der Waals surface area contributed by atoms with Crippen molar-refractivity contribution in [1.29, 1.82) is 0 Å². The highest BCUT2D eigenvalue weighted by atomic mass is 16.5. The summed E-state index contributed by atoms with van der Waals surface area (Å²) in [5.41, 5.74) is 2.76. The predicted octanol–water partition coefficient (Wildman–Crippen LogP) is 3.92. The van der Waals surface area contributed by atoms with Gasteiger partial charge in [0.15, 0.2) is 0 Å². The summed E-state index contributed by atoms with van der Waals surface area (Å²) in [5, 5.41) is 4.39. The fourth-order valence-corrected chi connectivity index (χ4v) is 3.95. The Morgan fingerprint density at radius 2 is 1.86 bits per heavy atom. The van der Waals surface area contributed by atoms with E-state index in [0.29, 0.717) is 30.0 Å². The van der Waals surface area contributed by atoms with Gasteiger partial charge in [-0.1, -0.05) is 30.3 Å². The molecular weight excluding hydrogens is 364 g/mol. The van der Waals surface area contributed by atoms with Crippen LogP contribution in [0.1, 0.15) is 24.0 Å². The zero-order valence-electron chi connectivity index (χ0n) is 16.7. The second-order valence-electron chi connectivity index (χ2n) is 7.75. The summed E-state index contributed by atoms with van der Waals surface area (Å²) in [6, 6.07) is 15.3. The van der Waals surface area contributed by atoms with E-state index >= 15 is 0 Å². The number of carbonyl (C=O) groups excluding carboxylic acids is 1. The highest BCUT2D eigenvalue weighted by molar-refractivity contribution is 6.02. The minimum atomic E-state index is -0.0850. The van der Waals surface area contributed by atoms with E-state index in [2.05, 4.69) is 5.32 Å². The van der Waals surface area contributed by atoms with Gasteiger partial charge in [-0.15, -0.1) is 0 Å². The third kappa shape index (κ3) is 4.40. The largest absolute Gasteiger partial charge is 0.381 e. The number of carbonyl (C=O) groups is 1. The molecular formula is C24H26N2O3. The topological polar surface area (TPSA) is 60.3 Å². The molecule has 29 heavy (non-hydrogen) atoms. The summed E-state index contributed by atoms with van der Waals surface area (Å²) < 4.78 is 7.20. The molecule has 1 aliphatic rings. The summed E-state index contributed by atoms with van der Waals surface area (Å²) in [6.07, 6.45) is 4.12. The molecule has 5 heteroatoms. The molecule has 1 amide bonds. The number of pyridine rings is 1. The molecule has 5 nitrogen and oxygen atoms in total. The number of aryl methyl sites for hydroxylation is 1. The van der Waals surface area contributed by atoms with Crippen molar-refractivity contribution < 1.29 is 9.53 Å². The van der Waals surface area contributed by atoms with E-state index < -0.39 is 0 Å². The van der Waals surface area contributed by atoms with Crippen molar-refractivity contribution >= 4 is 22.4 Å². The molecule has 1 saturated heterocycles. The van der Waals surface area contributed by atoms with Crippen molar-refractivity contribution in [3.63, 3.8) is 0 Å². The van der Waals surface area contributed by atoms with Crippen LogP contribution in [0.5, 0.6) is 0 Å². The lowest BCUT2D eigenvalue weighted by Crippen LogP contribution is -2.27. The highest BCUT2D eigenvalue weighted by Crippen LogP contribution is 2.22. The molecule has 0 aliphatic carbocycles. The lowest BCUT2D eigenvalue weighted by atomic mass is 10.00. The van der Waals surface area contributed by atoms with Crippen LogP contribution in [0.2, 0.25) is 0 Å². The number of aromatic nitrogens is 1. The maximum absolute atomic E-state index is 13.0. The van der Waals surface area contributed by atoms with Crippen molar-refractivity contribution in [3.05, 3.63) is 76.2 Å². The molecule has 0 spiro atoms. The Hall–Kier alpha value is -2.92. The van der Waals surface area contributed by atoms with E-state index in [-0.39, 0.29) is 11.5 Å². The molecule has 0 saturated carbocycles. The number of fused-ring (bicyclic) bond motifs is 1. The van der Waals surface area contributed by atoms with E-state index in [0.717, 1.165) is 42.6 Å². The fraction of sp³-hybridized carbons (Fsp3) is 0.333. The molecule has 0 bridgehead atoms. The van der Waals surface area contributed by atoms with Gasteiger partial charge in [0.2, 0.25) is 5.91 Å². The number of ether oxygens (including phenoxy) is 1. The van der Waals surface area contributed by atoms with Gasteiger partial charge < -0.3 is 14.6 Å². The first kappa shape index (κ1) is 19.4. The van der Waals surface area contributed by atoms with E-state index in [4.69, 9.17) is 4.74 Å². The number of rotatable bonds is 5. The molecule has 0 radical (unpaired) electrons. The van der Waals surface area contributed by atoms with E-state index in [1.165, 1.54) is 0 Å². The number of anilines is 1. The second kappa shape index (κ2) is 8.62. The Labute approximate surface area is 170 Å². The van der Waals surface area contributed by atoms with Gasteiger partial charge in [-0.25, -0.2) is 0 Å². The molecule has 1 N–H and O–H groups in total. The van der Waals surface area contributed by atoms with Gasteiger partial charge in [0.25, 0.3) is 5.56 Å². The quantitative estimate of drug-likeness (QED) is 0.718. The fourth-order valence-electron chi connectivity index (χ4n) is 3.95. The van der Waals surface area contributed by atoms with Crippen LogP contribution in [0, 0.1) is 12.8 Å². The summed E-state index contributed by atoms with van der Waals surface area (Å²) in [6.45, 7) is 4.25. The van der Waals surface area contributed by atoms with Crippen LogP contribution in [-0.4, -0.2) is 23.7 Å². The van der Waals surface area contributed by atoms with Gasteiger partial charge in [0.1, 0.15) is 0 Å². The predicted molar refractivity (Wildman–Crippen MR) is 115 cm³/mol. The first-order chi connectivity index (χ1) is 14.1. The van der Waals surface area contributed by atoms with Gasteiger partial charge >= 0.3 is 0 Å². The van der Waals surface area contributed by atoms with Crippen LogP contribution in [0.15, 0.2) is 59.5 Å². The molecule has 3 aromatic rings. The smallest absolute Gasteiger partial charge is 0.258 e. The van der Waals surface area contributed by atoms with E-state index in [1.54, 1.807) is 4.57 Å². The molecule has 2 heterocycles. The summed E-state index contributed by atoms with van der Waals surface area (Å²) >= 11 is 0. The number of hydrogen-bond acceptors (Lipinski definition) is 3. The normalized spacial score (nSPS) is 14.8. The standard InChI is InChI=1S/C24H26N2O3/c1-17-5-2-3-6-19(17)15-23(27)25-22-8-4-7-21-20(22)9-12-26(24(21)28)16-18-10-13-29-14-11-18/h2-9,12,18H,10-11,13-16H2,1H3,(H,25,27). The zero-order valence-corrected chi connectivity index (χ0v) is 16.7. The Morgan fingerprint density at radius 1 is 1.07 bits per heavy atom. The summed E-state index contributed by atoms with van der Waals surface area (Å²) in [7, 11) is 0. The minimum Gasteiger partial charge on any atom is -0.381 e. The van der Waals surface area contributed by atoms with Crippen LogP contribution in [0.3, 0.4) is 0 Å². The van der Waals surface area contributed by atoms with Gasteiger partial charge in [0.05, 0.1) is 6.42 Å². The third-order valence-electron chi connectivity index (χ3n) is 5.70. The third-order valence-corrected chi connectivity index (χ3v) is 5.70. The van der Waals surface area contributed by atoms with Crippen molar-refractivity contribution in [2.24, 2.45) is 5.92 Å². The number of benzene rings is 2. The SMILES string of the molecule is Cc1ccccc1CC(=O)Nc1cccc2c(=O)n(CC3CCOCC3)ccc12.